The molecule has 2 fully saturated rings. The summed E-state index contributed by atoms with van der Waals surface area (Å²) < 4.78 is 101. The van der Waals surface area contributed by atoms with Crippen molar-refractivity contribution >= 4 is 27.4 Å². The summed E-state index contributed by atoms with van der Waals surface area (Å²) >= 11 is 0. The van der Waals surface area contributed by atoms with E-state index in [1.54, 1.807) is 0 Å². The molecule has 14 heteroatoms. The van der Waals surface area contributed by atoms with E-state index in [9.17, 15) is 34.8 Å². The van der Waals surface area contributed by atoms with Crippen molar-refractivity contribution in [3.8, 4) is 0 Å². The molecule has 1 atom stereocenters. The molecule has 1 saturated carbocycles. The highest BCUT2D eigenvalue weighted by Crippen LogP contribution is 2.35. The minimum Gasteiger partial charge on any atom is -0.475 e. The number of piperidine rings is 1. The SMILES string of the molecule is Cc1ccc(N2CCCC(NS(=O)(=O)c3cc(C(F)(F)F)ccc3NC3CCC3)C2)cc1.O=C(O)C(F)(F)F. The maximum absolute atomic E-state index is 13.3. The van der Waals surface area contributed by atoms with Crippen LogP contribution in [0.15, 0.2) is 47.4 Å². The summed E-state index contributed by atoms with van der Waals surface area (Å²) in [6.45, 7) is 3.27. The number of hydrogen-bond donors (Lipinski definition) is 3. The number of hydrogen-bond acceptors (Lipinski definition) is 5. The number of sulfonamides is 1. The lowest BCUT2D eigenvalue weighted by molar-refractivity contribution is -0.192. The van der Waals surface area contributed by atoms with Crippen LogP contribution < -0.4 is 14.9 Å². The Labute approximate surface area is 222 Å². The highest BCUT2D eigenvalue weighted by Gasteiger charge is 2.38. The molecule has 2 aliphatic rings. The fourth-order valence-electron chi connectivity index (χ4n) is 4.16. The quantitative estimate of drug-likeness (QED) is 0.387. The van der Waals surface area contributed by atoms with E-state index in [1.165, 1.54) is 6.07 Å². The highest BCUT2D eigenvalue weighted by atomic mass is 32.2. The van der Waals surface area contributed by atoms with Gasteiger partial charge in [-0.2, -0.15) is 26.3 Å². The van der Waals surface area contributed by atoms with Crippen molar-refractivity contribution < 1.29 is 44.7 Å². The Hall–Kier alpha value is -3.00. The standard InChI is InChI=1S/C23H28F3N3O2S.C2HF3O2/c1-16-7-10-20(11-8-16)29-13-3-6-19(15-29)28-32(30,31)22-14-17(23(24,25)26)9-12-21(22)27-18-4-2-5-18;3-2(4,5)1(6)7/h7-12,14,18-19,27-28H,2-6,13,15H2,1H3;(H,6,7). The zero-order chi connectivity index (χ0) is 29.0. The van der Waals surface area contributed by atoms with Crippen LogP contribution in [0.2, 0.25) is 0 Å². The second-order valence-electron chi connectivity index (χ2n) is 9.53. The van der Waals surface area contributed by atoms with Crippen molar-refractivity contribution in [3.05, 3.63) is 53.6 Å². The van der Waals surface area contributed by atoms with E-state index in [-0.39, 0.29) is 22.7 Å². The molecule has 0 amide bonds. The Morgan fingerprint density at radius 3 is 2.05 bits per heavy atom. The van der Waals surface area contributed by atoms with Gasteiger partial charge in [-0.05, 0) is 69.4 Å². The third-order valence-electron chi connectivity index (χ3n) is 6.45. The molecule has 2 aromatic rings. The lowest BCUT2D eigenvalue weighted by Crippen LogP contribution is -2.47. The molecule has 1 unspecified atom stereocenters. The molecular formula is C25H29F6N3O4S. The molecular weight excluding hydrogens is 552 g/mol. The Balaban J connectivity index is 0.000000532. The topological polar surface area (TPSA) is 98.7 Å². The largest absolute Gasteiger partial charge is 0.490 e. The number of carbonyl (C=O) groups is 1. The number of alkyl halides is 6. The number of carboxylic acid groups (broad SMARTS) is 1. The van der Waals surface area contributed by atoms with Crippen LogP contribution in [-0.4, -0.2) is 50.8 Å². The number of carboxylic acids is 1. The van der Waals surface area contributed by atoms with Gasteiger partial charge < -0.3 is 15.3 Å². The molecule has 1 heterocycles. The first kappa shape index (κ1) is 30.5. The summed E-state index contributed by atoms with van der Waals surface area (Å²) in [6, 6.07) is 10.6. The minimum atomic E-state index is -5.08. The molecule has 0 bridgehead atoms. The lowest BCUT2D eigenvalue weighted by atomic mass is 9.93. The predicted molar refractivity (Wildman–Crippen MR) is 133 cm³/mol. The maximum atomic E-state index is 13.3. The first-order valence-electron chi connectivity index (χ1n) is 12.2. The molecule has 4 rings (SSSR count). The number of rotatable bonds is 6. The molecule has 216 valence electrons. The smallest absolute Gasteiger partial charge is 0.475 e. The summed E-state index contributed by atoms with van der Waals surface area (Å²) in [5.74, 6) is -2.76. The summed E-state index contributed by atoms with van der Waals surface area (Å²) in [5, 5.41) is 10.2. The molecule has 1 aliphatic heterocycles. The predicted octanol–water partition coefficient (Wildman–Crippen LogP) is 5.56. The van der Waals surface area contributed by atoms with Crippen LogP contribution in [0.3, 0.4) is 0 Å². The third kappa shape index (κ3) is 8.49. The van der Waals surface area contributed by atoms with Crippen LogP contribution in [0.25, 0.3) is 0 Å². The lowest BCUT2D eigenvalue weighted by Gasteiger charge is -2.35. The fourth-order valence-corrected chi connectivity index (χ4v) is 5.62. The zero-order valence-electron chi connectivity index (χ0n) is 20.9. The van der Waals surface area contributed by atoms with Crippen LogP contribution in [0.4, 0.5) is 37.7 Å². The molecule has 39 heavy (non-hydrogen) atoms. The van der Waals surface area contributed by atoms with Crippen molar-refractivity contribution in [1.82, 2.24) is 4.72 Å². The molecule has 7 nitrogen and oxygen atoms in total. The van der Waals surface area contributed by atoms with Gasteiger partial charge in [0.2, 0.25) is 10.0 Å². The Kier molecular flexibility index (Phi) is 9.42. The normalized spacial score (nSPS) is 18.5. The summed E-state index contributed by atoms with van der Waals surface area (Å²) in [5.41, 5.74) is 1.40. The van der Waals surface area contributed by atoms with Gasteiger partial charge in [0.25, 0.3) is 0 Å². The van der Waals surface area contributed by atoms with Crippen LogP contribution in [0.5, 0.6) is 0 Å². The van der Waals surface area contributed by atoms with Crippen LogP contribution in [-0.2, 0) is 21.0 Å². The first-order chi connectivity index (χ1) is 18.1. The zero-order valence-corrected chi connectivity index (χ0v) is 21.8. The van der Waals surface area contributed by atoms with E-state index in [0.717, 1.165) is 55.6 Å². The van der Waals surface area contributed by atoms with Gasteiger partial charge in [0.05, 0.1) is 11.3 Å². The molecule has 1 saturated heterocycles. The van der Waals surface area contributed by atoms with E-state index in [1.807, 2.05) is 31.2 Å². The molecule has 0 aromatic heterocycles. The van der Waals surface area contributed by atoms with Gasteiger partial charge in [-0.1, -0.05) is 17.7 Å². The van der Waals surface area contributed by atoms with Crippen molar-refractivity contribution in [2.24, 2.45) is 0 Å². The first-order valence-corrected chi connectivity index (χ1v) is 13.7. The highest BCUT2D eigenvalue weighted by molar-refractivity contribution is 7.89. The van der Waals surface area contributed by atoms with Gasteiger partial charge in [0, 0.05) is 30.9 Å². The molecule has 3 N–H and O–H groups in total. The van der Waals surface area contributed by atoms with Crippen molar-refractivity contribution in [2.75, 3.05) is 23.3 Å². The van der Waals surface area contributed by atoms with E-state index >= 15 is 0 Å². The Morgan fingerprint density at radius 2 is 1.54 bits per heavy atom. The molecule has 0 spiro atoms. The third-order valence-corrected chi connectivity index (χ3v) is 8.01. The molecule has 0 radical (unpaired) electrons. The summed E-state index contributed by atoms with van der Waals surface area (Å²) in [6.07, 6.45) is -5.51. The van der Waals surface area contributed by atoms with E-state index in [4.69, 9.17) is 9.90 Å². The molecule has 1 aliphatic carbocycles. The van der Waals surface area contributed by atoms with Crippen molar-refractivity contribution in [2.45, 2.75) is 68.4 Å². The van der Waals surface area contributed by atoms with Crippen molar-refractivity contribution in [1.29, 1.82) is 0 Å². The monoisotopic (exact) mass is 581 g/mol. The number of anilines is 2. The second-order valence-corrected chi connectivity index (χ2v) is 11.2. The number of aryl methyl sites for hydroxylation is 1. The van der Waals surface area contributed by atoms with Gasteiger partial charge >= 0.3 is 18.3 Å². The van der Waals surface area contributed by atoms with Crippen LogP contribution >= 0.6 is 0 Å². The van der Waals surface area contributed by atoms with Gasteiger partial charge in [-0.15, -0.1) is 0 Å². The fraction of sp³-hybridized carbons (Fsp3) is 0.480. The van der Waals surface area contributed by atoms with Gasteiger partial charge in [0.15, 0.2) is 0 Å². The summed E-state index contributed by atoms with van der Waals surface area (Å²) in [7, 11) is -4.15. The van der Waals surface area contributed by atoms with Crippen LogP contribution in [0, 0.1) is 6.92 Å². The van der Waals surface area contributed by atoms with E-state index in [0.29, 0.717) is 13.0 Å². The number of benzene rings is 2. The van der Waals surface area contributed by atoms with Gasteiger partial charge in [-0.25, -0.2) is 17.9 Å². The van der Waals surface area contributed by atoms with E-state index < -0.39 is 33.9 Å². The van der Waals surface area contributed by atoms with Gasteiger partial charge in [0.1, 0.15) is 4.90 Å². The van der Waals surface area contributed by atoms with Crippen molar-refractivity contribution in [3.63, 3.8) is 0 Å². The number of halogens is 6. The average Bonchev–Trinajstić information content (AvgIpc) is 2.81. The summed E-state index contributed by atoms with van der Waals surface area (Å²) in [4.78, 5) is 10.7. The number of aliphatic carboxylic acids is 1. The minimum absolute atomic E-state index is 0.0902. The molecule has 2 aromatic carbocycles. The Morgan fingerprint density at radius 1 is 0.949 bits per heavy atom. The Bertz CT molecular complexity index is 1250. The maximum Gasteiger partial charge on any atom is 0.490 e. The van der Waals surface area contributed by atoms with E-state index in [2.05, 4.69) is 14.9 Å². The van der Waals surface area contributed by atoms with Gasteiger partial charge in [-0.3, -0.25) is 0 Å². The van der Waals surface area contributed by atoms with Crippen LogP contribution in [0.1, 0.15) is 43.2 Å². The number of nitrogens with zero attached hydrogens (tertiary/aromatic N) is 1. The second kappa shape index (κ2) is 12.0. The number of nitrogens with one attached hydrogen (secondary N) is 2. The average molecular weight is 582 g/mol.